The van der Waals surface area contributed by atoms with Crippen molar-refractivity contribution in [3.05, 3.63) is 77.1 Å². The van der Waals surface area contributed by atoms with Gasteiger partial charge in [-0.15, -0.1) is 0 Å². The van der Waals surface area contributed by atoms with Gasteiger partial charge in [0.05, 0.1) is 29.9 Å². The molecule has 2 amide bonds. The van der Waals surface area contributed by atoms with Crippen LogP contribution in [0.2, 0.25) is 0 Å². The van der Waals surface area contributed by atoms with Crippen molar-refractivity contribution in [1.29, 1.82) is 0 Å². The molecule has 35 heavy (non-hydrogen) atoms. The van der Waals surface area contributed by atoms with Crippen LogP contribution < -0.4 is 10.6 Å². The van der Waals surface area contributed by atoms with E-state index in [4.69, 9.17) is 5.73 Å². The maximum atomic E-state index is 13.3. The zero-order chi connectivity index (χ0) is 24.7. The fraction of sp³-hybridized carbons (Fsp3) is 0.250. The van der Waals surface area contributed by atoms with Crippen LogP contribution in [0.4, 0.5) is 5.69 Å². The lowest BCUT2D eigenvalue weighted by Gasteiger charge is -2.29. The number of carbonyl (C=O) groups excluding carboxylic acids is 3. The summed E-state index contributed by atoms with van der Waals surface area (Å²) in [5, 5.41) is 4.15. The van der Waals surface area contributed by atoms with Gasteiger partial charge in [0.2, 0.25) is 5.91 Å². The third-order valence-corrected chi connectivity index (χ3v) is 8.01. The molecule has 3 aromatic rings. The Kier molecular flexibility index (Phi) is 5.64. The van der Waals surface area contributed by atoms with Crippen molar-refractivity contribution in [3.63, 3.8) is 0 Å². The summed E-state index contributed by atoms with van der Waals surface area (Å²) in [7, 11) is -3.97. The molecule has 0 radical (unpaired) electrons. The van der Waals surface area contributed by atoms with Gasteiger partial charge in [-0.1, -0.05) is 0 Å². The number of aromatic nitrogens is 2. The Morgan fingerprint density at radius 3 is 2.20 bits per heavy atom. The highest BCUT2D eigenvalue weighted by Crippen LogP contribution is 2.27. The fourth-order valence-electron chi connectivity index (χ4n) is 4.40. The van der Waals surface area contributed by atoms with Gasteiger partial charge >= 0.3 is 0 Å². The van der Waals surface area contributed by atoms with Gasteiger partial charge in [0, 0.05) is 36.3 Å². The van der Waals surface area contributed by atoms with E-state index < -0.39 is 15.9 Å². The Labute approximate surface area is 202 Å². The molecule has 3 heterocycles. The molecule has 0 spiro atoms. The molecule has 10 nitrogen and oxygen atoms in total. The van der Waals surface area contributed by atoms with Crippen LogP contribution in [0.3, 0.4) is 0 Å². The maximum Gasteiger partial charge on any atom is 0.283 e. The molecule has 0 atom stereocenters. The standard InChI is InChI=1S/C24H23N5O5S/c25-23(31)16-3-7-21(8-4-16)35(33,34)29-22-15-27(11-9-18(22)13-26-29)19-5-1-17(2-6-19)24(32)28-12-10-20(30)14-28/h1-8,13H,9-12,14-15H2,(H2,25,31). The van der Waals surface area contributed by atoms with Crippen LogP contribution in [0.25, 0.3) is 0 Å². The van der Waals surface area contributed by atoms with Crippen LogP contribution >= 0.6 is 0 Å². The highest BCUT2D eigenvalue weighted by molar-refractivity contribution is 7.89. The Hall–Kier alpha value is -3.99. The Bertz CT molecular complexity index is 1430. The number of hydrogen-bond acceptors (Lipinski definition) is 7. The summed E-state index contributed by atoms with van der Waals surface area (Å²) >= 11 is 0. The van der Waals surface area contributed by atoms with Crippen LogP contribution in [0.1, 0.15) is 38.4 Å². The third-order valence-electron chi connectivity index (χ3n) is 6.37. The zero-order valence-corrected chi connectivity index (χ0v) is 19.6. The highest BCUT2D eigenvalue weighted by atomic mass is 32.2. The van der Waals surface area contributed by atoms with Crippen molar-refractivity contribution in [2.45, 2.75) is 24.3 Å². The zero-order valence-electron chi connectivity index (χ0n) is 18.8. The number of ketones is 1. The second kappa shape index (κ2) is 8.66. The molecule has 11 heteroatoms. The number of Topliss-reactive ketones (excluding diaryl/α,β-unsaturated/α-hetero) is 1. The number of benzene rings is 2. The van der Waals surface area contributed by atoms with Crippen LogP contribution in [-0.2, 0) is 27.8 Å². The van der Waals surface area contributed by atoms with Crippen LogP contribution in [0.15, 0.2) is 59.6 Å². The van der Waals surface area contributed by atoms with Gasteiger partial charge in [0.25, 0.3) is 15.9 Å². The van der Waals surface area contributed by atoms with Crippen LogP contribution in [0.5, 0.6) is 0 Å². The summed E-state index contributed by atoms with van der Waals surface area (Å²) in [6.07, 6.45) is 2.58. The Balaban J connectivity index is 1.37. The number of carbonyl (C=O) groups is 3. The highest BCUT2D eigenvalue weighted by Gasteiger charge is 2.29. The summed E-state index contributed by atoms with van der Waals surface area (Å²) in [6, 6.07) is 12.5. The topological polar surface area (TPSA) is 136 Å². The minimum Gasteiger partial charge on any atom is -0.366 e. The van der Waals surface area contributed by atoms with E-state index in [0.29, 0.717) is 43.7 Å². The molecule has 2 aliphatic heterocycles. The monoisotopic (exact) mass is 493 g/mol. The quantitative estimate of drug-likeness (QED) is 0.564. The molecule has 2 N–H and O–H groups in total. The molecule has 1 saturated heterocycles. The number of primary amides is 1. The van der Waals surface area contributed by atoms with E-state index >= 15 is 0 Å². The van der Waals surface area contributed by atoms with E-state index in [-0.39, 0.29) is 28.7 Å². The predicted molar refractivity (Wildman–Crippen MR) is 126 cm³/mol. The van der Waals surface area contributed by atoms with Gasteiger partial charge in [0.15, 0.2) is 5.78 Å². The maximum absolute atomic E-state index is 13.3. The number of nitrogens with zero attached hydrogens (tertiary/aromatic N) is 4. The largest absolute Gasteiger partial charge is 0.366 e. The van der Waals surface area contributed by atoms with Crippen molar-refractivity contribution in [3.8, 4) is 0 Å². The lowest BCUT2D eigenvalue weighted by atomic mass is 10.1. The van der Waals surface area contributed by atoms with E-state index in [9.17, 15) is 22.8 Å². The van der Waals surface area contributed by atoms with Gasteiger partial charge in [-0.25, -0.2) is 0 Å². The Morgan fingerprint density at radius 2 is 1.57 bits per heavy atom. The van der Waals surface area contributed by atoms with Gasteiger partial charge in [-0.2, -0.15) is 17.6 Å². The van der Waals surface area contributed by atoms with Crippen molar-refractivity contribution in [2.75, 3.05) is 24.5 Å². The van der Waals surface area contributed by atoms with Crippen molar-refractivity contribution in [2.24, 2.45) is 5.73 Å². The first-order valence-corrected chi connectivity index (χ1v) is 12.6. The SMILES string of the molecule is NC(=O)c1ccc(S(=O)(=O)n2ncc3c2CN(c2ccc(C(=O)N4CCC(=O)C4)cc2)CC3)cc1. The number of nitrogens with two attached hydrogens (primary N) is 1. The van der Waals surface area contributed by atoms with E-state index in [2.05, 4.69) is 5.10 Å². The molecule has 0 aliphatic carbocycles. The number of rotatable bonds is 5. The molecule has 0 saturated carbocycles. The average molecular weight is 494 g/mol. The summed E-state index contributed by atoms with van der Waals surface area (Å²) in [6.45, 7) is 1.58. The van der Waals surface area contributed by atoms with Crippen molar-refractivity contribution < 1.29 is 22.8 Å². The normalized spacial score (nSPS) is 15.8. The Morgan fingerprint density at radius 1 is 0.886 bits per heavy atom. The van der Waals surface area contributed by atoms with E-state index in [0.717, 1.165) is 15.3 Å². The van der Waals surface area contributed by atoms with Crippen molar-refractivity contribution in [1.82, 2.24) is 14.1 Å². The molecule has 180 valence electrons. The lowest BCUT2D eigenvalue weighted by Crippen LogP contribution is -2.33. The minimum atomic E-state index is -3.97. The third kappa shape index (κ3) is 4.18. The lowest BCUT2D eigenvalue weighted by molar-refractivity contribution is -0.116. The first kappa shape index (κ1) is 22.8. The number of amides is 2. The molecular weight excluding hydrogens is 470 g/mol. The second-order valence-corrected chi connectivity index (χ2v) is 10.4. The number of anilines is 1. The van der Waals surface area contributed by atoms with Crippen LogP contribution in [-0.4, -0.2) is 59.7 Å². The van der Waals surface area contributed by atoms with Gasteiger partial charge in [-0.3, -0.25) is 14.4 Å². The van der Waals surface area contributed by atoms with E-state index in [1.165, 1.54) is 24.3 Å². The molecule has 0 bridgehead atoms. The summed E-state index contributed by atoms with van der Waals surface area (Å²) in [5.41, 5.74) is 8.23. The second-order valence-electron chi connectivity index (χ2n) is 8.59. The van der Waals surface area contributed by atoms with Gasteiger partial charge in [-0.05, 0) is 60.5 Å². The minimum absolute atomic E-state index is 0.00813. The smallest absolute Gasteiger partial charge is 0.283 e. The summed E-state index contributed by atoms with van der Waals surface area (Å²) in [4.78, 5) is 39.0. The summed E-state index contributed by atoms with van der Waals surface area (Å²) < 4.78 is 27.6. The van der Waals surface area contributed by atoms with E-state index in [1.807, 2.05) is 17.0 Å². The van der Waals surface area contributed by atoms with Crippen LogP contribution in [0, 0.1) is 0 Å². The number of likely N-dealkylation sites (tertiary alicyclic amines) is 1. The molecule has 2 aliphatic rings. The number of hydrogen-bond donors (Lipinski definition) is 1. The number of fused-ring (bicyclic) bond motifs is 1. The predicted octanol–water partition coefficient (Wildman–Crippen LogP) is 1.20. The molecule has 1 aromatic heterocycles. The fourth-order valence-corrected chi connectivity index (χ4v) is 5.71. The van der Waals surface area contributed by atoms with E-state index in [1.54, 1.807) is 23.2 Å². The molecular formula is C24H23N5O5S. The molecule has 2 aromatic carbocycles. The van der Waals surface area contributed by atoms with Gasteiger partial charge in [0.1, 0.15) is 0 Å². The average Bonchev–Trinajstić information content (AvgIpc) is 3.50. The molecule has 0 unspecified atom stereocenters. The first-order chi connectivity index (χ1) is 16.7. The first-order valence-electron chi connectivity index (χ1n) is 11.1. The molecule has 5 rings (SSSR count). The molecule has 1 fully saturated rings. The van der Waals surface area contributed by atoms with Crippen molar-refractivity contribution >= 4 is 33.3 Å². The van der Waals surface area contributed by atoms with Gasteiger partial charge < -0.3 is 15.5 Å². The summed E-state index contributed by atoms with van der Waals surface area (Å²) in [5.74, 6) is -0.744.